The summed E-state index contributed by atoms with van der Waals surface area (Å²) in [5.74, 6) is 0.324. The van der Waals surface area contributed by atoms with Crippen LogP contribution < -0.4 is 0 Å². The third kappa shape index (κ3) is 4.21. The van der Waals surface area contributed by atoms with Gasteiger partial charge in [0, 0.05) is 23.4 Å². The number of non-ortho nitro benzene ring substituents is 2. The van der Waals surface area contributed by atoms with Gasteiger partial charge in [0.1, 0.15) is 5.01 Å². The minimum absolute atomic E-state index is 0.299. The number of thioether (sulfide) groups is 1. The van der Waals surface area contributed by atoms with E-state index in [1.165, 1.54) is 35.2 Å². The van der Waals surface area contributed by atoms with Crippen molar-refractivity contribution in [2.45, 2.75) is 17.0 Å². The predicted octanol–water partition coefficient (Wildman–Crippen LogP) is 4.62. The van der Waals surface area contributed by atoms with Gasteiger partial charge in [-0.05, 0) is 12.5 Å². The Labute approximate surface area is 156 Å². The largest absolute Gasteiger partial charge is 0.276 e. The second kappa shape index (κ2) is 7.58. The molecule has 0 saturated carbocycles. The van der Waals surface area contributed by atoms with Crippen LogP contribution in [0.1, 0.15) is 11.1 Å². The van der Waals surface area contributed by atoms with Gasteiger partial charge in [0.25, 0.3) is 11.4 Å². The number of benzene rings is 2. The first-order valence-corrected chi connectivity index (χ1v) is 9.18. The van der Waals surface area contributed by atoms with E-state index < -0.39 is 9.85 Å². The monoisotopic (exact) mass is 388 g/mol. The molecule has 3 aromatic rings. The highest BCUT2D eigenvalue weighted by atomic mass is 32.2. The fraction of sp³-hybridized carbons (Fsp3) is 0.125. The van der Waals surface area contributed by atoms with E-state index in [4.69, 9.17) is 0 Å². The Bertz CT molecular complexity index is 940. The fourth-order valence-corrected chi connectivity index (χ4v) is 3.96. The lowest BCUT2D eigenvalue weighted by Gasteiger charge is -2.00. The van der Waals surface area contributed by atoms with Gasteiger partial charge in [0.2, 0.25) is 0 Å². The van der Waals surface area contributed by atoms with Crippen LogP contribution in [-0.2, 0) is 5.75 Å². The summed E-state index contributed by atoms with van der Waals surface area (Å²) in [7, 11) is 0. The average Bonchev–Trinajstić information content (AvgIpc) is 3.09. The second-order valence-corrected chi connectivity index (χ2v) is 7.60. The Kier molecular flexibility index (Phi) is 5.24. The standard InChI is InChI=1S/C16H12N4O4S2/c1-10-2-4-12(5-3-10)15-17-18-16(26-15)25-9-11-6-13(19(21)22)8-14(7-11)20(23)24/h2-8H,9H2,1H3. The fourth-order valence-electron chi connectivity index (χ4n) is 2.18. The summed E-state index contributed by atoms with van der Waals surface area (Å²) in [6, 6.07) is 11.5. The zero-order chi connectivity index (χ0) is 18.7. The van der Waals surface area contributed by atoms with Crippen molar-refractivity contribution in [1.82, 2.24) is 10.2 Å². The number of aromatic nitrogens is 2. The van der Waals surface area contributed by atoms with E-state index >= 15 is 0 Å². The maximum Gasteiger partial charge on any atom is 0.276 e. The van der Waals surface area contributed by atoms with Gasteiger partial charge in [-0.1, -0.05) is 52.9 Å². The van der Waals surface area contributed by atoms with Gasteiger partial charge in [-0.25, -0.2) is 0 Å². The van der Waals surface area contributed by atoms with Crippen molar-refractivity contribution >= 4 is 34.5 Å². The number of hydrogen-bond donors (Lipinski definition) is 0. The van der Waals surface area contributed by atoms with Crippen LogP contribution >= 0.6 is 23.1 Å². The molecule has 0 unspecified atom stereocenters. The molecule has 10 heteroatoms. The van der Waals surface area contributed by atoms with Crippen LogP contribution in [0.5, 0.6) is 0 Å². The third-order valence-electron chi connectivity index (χ3n) is 3.45. The van der Waals surface area contributed by atoms with Crippen LogP contribution in [0.2, 0.25) is 0 Å². The number of nitro groups is 2. The van der Waals surface area contributed by atoms with Gasteiger partial charge in [-0.2, -0.15) is 0 Å². The first-order chi connectivity index (χ1) is 12.4. The molecule has 0 bridgehead atoms. The summed E-state index contributed by atoms with van der Waals surface area (Å²) in [5, 5.41) is 30.9. The van der Waals surface area contributed by atoms with Crippen LogP contribution in [0.15, 0.2) is 46.8 Å². The summed E-state index contributed by atoms with van der Waals surface area (Å²) in [4.78, 5) is 20.6. The van der Waals surface area contributed by atoms with Gasteiger partial charge >= 0.3 is 0 Å². The molecular weight excluding hydrogens is 376 g/mol. The Morgan fingerprint density at radius 2 is 1.62 bits per heavy atom. The topological polar surface area (TPSA) is 112 Å². The highest BCUT2D eigenvalue weighted by Gasteiger charge is 2.17. The minimum atomic E-state index is -0.637. The van der Waals surface area contributed by atoms with Crippen molar-refractivity contribution in [2.75, 3.05) is 0 Å². The van der Waals surface area contributed by atoms with Gasteiger partial charge in [0.15, 0.2) is 4.34 Å². The molecule has 3 rings (SSSR count). The summed E-state index contributed by atoms with van der Waals surface area (Å²) < 4.78 is 0.690. The summed E-state index contributed by atoms with van der Waals surface area (Å²) in [5.41, 5.74) is 2.01. The van der Waals surface area contributed by atoms with Crippen molar-refractivity contribution in [3.8, 4) is 10.6 Å². The molecule has 8 nitrogen and oxygen atoms in total. The summed E-state index contributed by atoms with van der Waals surface area (Å²) in [6.07, 6.45) is 0. The molecule has 0 amide bonds. The number of nitro benzene ring substituents is 2. The maximum absolute atomic E-state index is 10.9. The quantitative estimate of drug-likeness (QED) is 0.344. The van der Waals surface area contributed by atoms with E-state index in [-0.39, 0.29) is 11.4 Å². The second-order valence-electron chi connectivity index (χ2n) is 5.40. The van der Waals surface area contributed by atoms with E-state index in [0.29, 0.717) is 15.7 Å². The van der Waals surface area contributed by atoms with Gasteiger partial charge in [-0.15, -0.1) is 10.2 Å². The predicted molar refractivity (Wildman–Crippen MR) is 99.4 cm³/mol. The molecule has 0 aliphatic heterocycles. The minimum Gasteiger partial charge on any atom is -0.258 e. The van der Waals surface area contributed by atoms with Crippen LogP contribution in [0.4, 0.5) is 11.4 Å². The summed E-state index contributed by atoms with van der Waals surface area (Å²) >= 11 is 2.74. The molecule has 0 saturated heterocycles. The first kappa shape index (κ1) is 18.0. The molecule has 26 heavy (non-hydrogen) atoms. The van der Waals surface area contributed by atoms with Gasteiger partial charge in [0.05, 0.1) is 15.9 Å². The van der Waals surface area contributed by atoms with Crippen LogP contribution in [0, 0.1) is 27.2 Å². The molecule has 0 N–H and O–H groups in total. The van der Waals surface area contributed by atoms with E-state index in [1.54, 1.807) is 0 Å². The zero-order valence-corrected chi connectivity index (χ0v) is 15.1. The van der Waals surface area contributed by atoms with E-state index in [1.807, 2.05) is 31.2 Å². The lowest BCUT2D eigenvalue weighted by molar-refractivity contribution is -0.394. The van der Waals surface area contributed by atoms with Crippen molar-refractivity contribution < 1.29 is 9.85 Å². The Hall–Kier alpha value is -2.85. The first-order valence-electron chi connectivity index (χ1n) is 7.38. The molecule has 132 valence electrons. The van der Waals surface area contributed by atoms with E-state index in [9.17, 15) is 20.2 Å². The van der Waals surface area contributed by atoms with Crippen LogP contribution in [0.3, 0.4) is 0 Å². The zero-order valence-electron chi connectivity index (χ0n) is 13.5. The molecule has 0 aliphatic carbocycles. The van der Waals surface area contributed by atoms with Crippen LogP contribution in [-0.4, -0.2) is 20.0 Å². The smallest absolute Gasteiger partial charge is 0.258 e. The van der Waals surface area contributed by atoms with Gasteiger partial charge < -0.3 is 0 Å². The normalized spacial score (nSPS) is 10.7. The molecule has 2 aromatic carbocycles. The summed E-state index contributed by atoms with van der Waals surface area (Å²) in [6.45, 7) is 2.00. The van der Waals surface area contributed by atoms with Crippen molar-refractivity contribution in [1.29, 1.82) is 0 Å². The maximum atomic E-state index is 10.9. The lowest BCUT2D eigenvalue weighted by Crippen LogP contribution is -1.95. The third-order valence-corrected chi connectivity index (χ3v) is 5.63. The van der Waals surface area contributed by atoms with E-state index in [2.05, 4.69) is 10.2 Å². The molecule has 1 heterocycles. The number of rotatable bonds is 6. The molecule has 0 fully saturated rings. The molecule has 0 atom stereocenters. The number of aryl methyl sites for hydroxylation is 1. The lowest BCUT2D eigenvalue weighted by atomic mass is 10.2. The highest BCUT2D eigenvalue weighted by molar-refractivity contribution is 8.00. The Morgan fingerprint density at radius 1 is 1.00 bits per heavy atom. The average molecular weight is 388 g/mol. The van der Waals surface area contributed by atoms with E-state index in [0.717, 1.165) is 22.2 Å². The molecule has 1 aromatic heterocycles. The Balaban J connectivity index is 1.76. The Morgan fingerprint density at radius 3 is 2.19 bits per heavy atom. The number of nitrogens with zero attached hydrogens (tertiary/aromatic N) is 4. The molecule has 0 spiro atoms. The molecule has 0 radical (unpaired) electrons. The molecular formula is C16H12N4O4S2. The van der Waals surface area contributed by atoms with Crippen molar-refractivity contribution in [3.63, 3.8) is 0 Å². The number of hydrogen-bond acceptors (Lipinski definition) is 8. The van der Waals surface area contributed by atoms with Crippen molar-refractivity contribution in [3.05, 3.63) is 73.8 Å². The highest BCUT2D eigenvalue weighted by Crippen LogP contribution is 2.33. The van der Waals surface area contributed by atoms with Crippen LogP contribution in [0.25, 0.3) is 10.6 Å². The van der Waals surface area contributed by atoms with Gasteiger partial charge in [-0.3, -0.25) is 20.2 Å². The van der Waals surface area contributed by atoms with Crippen molar-refractivity contribution in [2.24, 2.45) is 0 Å². The molecule has 0 aliphatic rings. The SMILES string of the molecule is Cc1ccc(-c2nnc(SCc3cc([N+](=O)[O-])cc([N+](=O)[O-])c3)s2)cc1.